The molecular formula is C18H36O5. The van der Waals surface area contributed by atoms with E-state index in [9.17, 15) is 0 Å². The SMILES string of the molecule is CC(=O)O.CC(O)CCCCCCCCCOC1CCCCO1. The highest BCUT2D eigenvalue weighted by atomic mass is 16.7. The van der Waals surface area contributed by atoms with E-state index in [2.05, 4.69) is 0 Å². The first-order chi connectivity index (χ1) is 11.0. The lowest BCUT2D eigenvalue weighted by Crippen LogP contribution is -2.22. The van der Waals surface area contributed by atoms with Gasteiger partial charge in [0.05, 0.1) is 6.10 Å². The highest BCUT2D eigenvalue weighted by Crippen LogP contribution is 2.15. The van der Waals surface area contributed by atoms with Crippen molar-refractivity contribution < 1.29 is 24.5 Å². The molecule has 1 saturated heterocycles. The Hall–Kier alpha value is -0.650. The van der Waals surface area contributed by atoms with E-state index in [4.69, 9.17) is 24.5 Å². The summed E-state index contributed by atoms with van der Waals surface area (Å²) >= 11 is 0. The van der Waals surface area contributed by atoms with E-state index in [1.807, 2.05) is 6.92 Å². The van der Waals surface area contributed by atoms with E-state index in [1.165, 1.54) is 51.4 Å². The summed E-state index contributed by atoms with van der Waals surface area (Å²) in [6.07, 6.45) is 13.2. The monoisotopic (exact) mass is 332 g/mol. The standard InChI is InChI=1S/C16H32O3.C2H4O2/c1-15(17)11-7-5-3-2-4-6-9-13-18-16-12-8-10-14-19-16;1-2(3)4/h15-17H,2-14H2,1H3;1H3,(H,3,4). The highest BCUT2D eigenvalue weighted by Gasteiger charge is 2.13. The van der Waals surface area contributed by atoms with Crippen LogP contribution in [0, 0.1) is 0 Å². The van der Waals surface area contributed by atoms with Gasteiger partial charge in [0, 0.05) is 20.1 Å². The molecule has 0 radical (unpaired) electrons. The van der Waals surface area contributed by atoms with Gasteiger partial charge in [0.15, 0.2) is 6.29 Å². The molecule has 23 heavy (non-hydrogen) atoms. The van der Waals surface area contributed by atoms with Gasteiger partial charge >= 0.3 is 0 Å². The molecule has 2 unspecified atom stereocenters. The third-order valence-electron chi connectivity index (χ3n) is 3.71. The molecule has 1 heterocycles. The lowest BCUT2D eigenvalue weighted by Gasteiger charge is -2.22. The van der Waals surface area contributed by atoms with Gasteiger partial charge in [-0.1, -0.05) is 38.5 Å². The number of hydrogen-bond acceptors (Lipinski definition) is 4. The Morgan fingerprint density at radius 1 is 1.13 bits per heavy atom. The average molecular weight is 332 g/mol. The molecule has 2 atom stereocenters. The summed E-state index contributed by atoms with van der Waals surface area (Å²) in [6.45, 7) is 4.68. The quantitative estimate of drug-likeness (QED) is 0.557. The van der Waals surface area contributed by atoms with Crippen LogP contribution in [0.3, 0.4) is 0 Å². The van der Waals surface area contributed by atoms with Crippen LogP contribution in [0.1, 0.15) is 84.5 Å². The maximum Gasteiger partial charge on any atom is 0.300 e. The molecule has 1 aliphatic heterocycles. The zero-order chi connectivity index (χ0) is 17.3. The van der Waals surface area contributed by atoms with Crippen molar-refractivity contribution in [2.24, 2.45) is 0 Å². The molecule has 1 rings (SSSR count). The molecule has 1 aliphatic rings. The first kappa shape index (κ1) is 22.4. The molecule has 0 saturated carbocycles. The molecule has 0 bridgehead atoms. The van der Waals surface area contributed by atoms with Gasteiger partial charge < -0.3 is 19.7 Å². The minimum atomic E-state index is -0.833. The predicted molar refractivity (Wildman–Crippen MR) is 91.5 cm³/mol. The second kappa shape index (κ2) is 16.2. The summed E-state index contributed by atoms with van der Waals surface area (Å²) in [5.41, 5.74) is 0. The van der Waals surface area contributed by atoms with E-state index in [0.717, 1.165) is 39.4 Å². The van der Waals surface area contributed by atoms with E-state index in [0.29, 0.717) is 0 Å². The molecule has 0 aromatic heterocycles. The minimum absolute atomic E-state index is 0.0780. The van der Waals surface area contributed by atoms with Crippen LogP contribution in [0.25, 0.3) is 0 Å². The Morgan fingerprint density at radius 3 is 2.22 bits per heavy atom. The smallest absolute Gasteiger partial charge is 0.300 e. The lowest BCUT2D eigenvalue weighted by molar-refractivity contribution is -0.162. The van der Waals surface area contributed by atoms with Crippen molar-refractivity contribution in [1.82, 2.24) is 0 Å². The summed E-state index contributed by atoms with van der Waals surface area (Å²) in [7, 11) is 0. The fraction of sp³-hybridized carbons (Fsp3) is 0.944. The number of aliphatic carboxylic acids is 1. The highest BCUT2D eigenvalue weighted by molar-refractivity contribution is 5.62. The number of rotatable bonds is 11. The molecular weight excluding hydrogens is 296 g/mol. The summed E-state index contributed by atoms with van der Waals surface area (Å²) in [5, 5.41) is 16.6. The Bertz CT molecular complexity index is 258. The number of aliphatic hydroxyl groups excluding tert-OH is 1. The molecule has 0 amide bonds. The van der Waals surface area contributed by atoms with Crippen LogP contribution in [0.4, 0.5) is 0 Å². The molecule has 2 N–H and O–H groups in total. The molecule has 0 aromatic rings. The van der Waals surface area contributed by atoms with Gasteiger partial charge in [0.2, 0.25) is 0 Å². The van der Waals surface area contributed by atoms with E-state index >= 15 is 0 Å². The van der Waals surface area contributed by atoms with Gasteiger partial charge in [0.25, 0.3) is 5.97 Å². The third-order valence-corrected chi connectivity index (χ3v) is 3.71. The van der Waals surface area contributed by atoms with Crippen molar-refractivity contribution in [1.29, 1.82) is 0 Å². The molecule has 0 aromatic carbocycles. The Labute approximate surface area is 141 Å². The molecule has 5 heteroatoms. The first-order valence-electron chi connectivity index (χ1n) is 9.13. The maximum atomic E-state index is 9.14. The van der Waals surface area contributed by atoms with Crippen molar-refractivity contribution >= 4 is 5.97 Å². The third kappa shape index (κ3) is 19.3. The van der Waals surface area contributed by atoms with Crippen LogP contribution < -0.4 is 0 Å². The van der Waals surface area contributed by atoms with Crippen LogP contribution in [-0.4, -0.2) is 41.8 Å². The largest absolute Gasteiger partial charge is 0.481 e. The van der Waals surface area contributed by atoms with Crippen LogP contribution >= 0.6 is 0 Å². The predicted octanol–water partition coefficient (Wildman–Crippen LogP) is 4.12. The summed E-state index contributed by atoms with van der Waals surface area (Å²) in [4.78, 5) is 9.00. The van der Waals surface area contributed by atoms with Crippen LogP contribution in [0.15, 0.2) is 0 Å². The van der Waals surface area contributed by atoms with E-state index in [-0.39, 0.29) is 12.4 Å². The van der Waals surface area contributed by atoms with Gasteiger partial charge in [-0.25, -0.2) is 0 Å². The second-order valence-electron chi connectivity index (χ2n) is 6.30. The van der Waals surface area contributed by atoms with Gasteiger partial charge in [0.1, 0.15) is 0 Å². The average Bonchev–Trinajstić information content (AvgIpc) is 2.49. The zero-order valence-electron chi connectivity index (χ0n) is 15.0. The van der Waals surface area contributed by atoms with E-state index in [1.54, 1.807) is 0 Å². The number of aliphatic hydroxyl groups is 1. The molecule has 5 nitrogen and oxygen atoms in total. The fourth-order valence-corrected chi connectivity index (χ4v) is 2.48. The lowest BCUT2D eigenvalue weighted by atomic mass is 10.1. The summed E-state index contributed by atoms with van der Waals surface area (Å²) in [6, 6.07) is 0. The van der Waals surface area contributed by atoms with Gasteiger partial charge in [-0.2, -0.15) is 0 Å². The first-order valence-corrected chi connectivity index (χ1v) is 9.13. The van der Waals surface area contributed by atoms with Crippen LogP contribution in [-0.2, 0) is 14.3 Å². The zero-order valence-corrected chi connectivity index (χ0v) is 15.0. The summed E-state index contributed by atoms with van der Waals surface area (Å²) in [5.74, 6) is -0.833. The molecule has 0 spiro atoms. The van der Waals surface area contributed by atoms with Crippen molar-refractivity contribution in [3.8, 4) is 0 Å². The Kier molecular flexibility index (Phi) is 15.8. The van der Waals surface area contributed by atoms with Gasteiger partial charge in [-0.15, -0.1) is 0 Å². The van der Waals surface area contributed by atoms with Crippen molar-refractivity contribution in [3.63, 3.8) is 0 Å². The Morgan fingerprint density at radius 2 is 1.70 bits per heavy atom. The van der Waals surface area contributed by atoms with E-state index < -0.39 is 5.97 Å². The summed E-state index contributed by atoms with van der Waals surface area (Å²) < 4.78 is 11.2. The van der Waals surface area contributed by atoms with Crippen molar-refractivity contribution in [2.45, 2.75) is 96.9 Å². The molecule has 138 valence electrons. The minimum Gasteiger partial charge on any atom is -0.481 e. The van der Waals surface area contributed by atoms with Gasteiger partial charge in [-0.05, 0) is 39.0 Å². The number of unbranched alkanes of at least 4 members (excludes halogenated alkanes) is 6. The Balaban J connectivity index is 0.00000108. The number of hydrogen-bond donors (Lipinski definition) is 2. The van der Waals surface area contributed by atoms with Crippen LogP contribution in [0.2, 0.25) is 0 Å². The van der Waals surface area contributed by atoms with Gasteiger partial charge in [-0.3, -0.25) is 4.79 Å². The van der Waals surface area contributed by atoms with Crippen molar-refractivity contribution in [3.05, 3.63) is 0 Å². The maximum absolute atomic E-state index is 9.14. The second-order valence-corrected chi connectivity index (χ2v) is 6.30. The molecule has 1 fully saturated rings. The fourth-order valence-electron chi connectivity index (χ4n) is 2.48. The van der Waals surface area contributed by atoms with Crippen LogP contribution in [0.5, 0.6) is 0 Å². The normalized spacial score (nSPS) is 18.8. The number of carbonyl (C=O) groups is 1. The molecule has 0 aliphatic carbocycles. The topological polar surface area (TPSA) is 76.0 Å². The number of carboxylic acids is 1. The van der Waals surface area contributed by atoms with Crippen molar-refractivity contribution in [2.75, 3.05) is 13.2 Å². The number of carboxylic acid groups (broad SMARTS) is 1. The number of ether oxygens (including phenoxy) is 2.